The molecular formula is C25H18F3N5O3. The highest BCUT2D eigenvalue weighted by Gasteiger charge is 2.15. The maximum absolute atomic E-state index is 14.8. The number of carbonyl (C=O) groups is 1. The maximum atomic E-state index is 14.8. The van der Waals surface area contributed by atoms with Gasteiger partial charge in [0, 0.05) is 17.4 Å². The minimum atomic E-state index is -1.14. The molecule has 3 aromatic carbocycles. The second-order valence-electron chi connectivity index (χ2n) is 7.97. The average Bonchev–Trinajstić information content (AvgIpc) is 3.24. The summed E-state index contributed by atoms with van der Waals surface area (Å²) in [4.78, 5) is 30.9. The predicted octanol–water partition coefficient (Wildman–Crippen LogP) is 5.04. The van der Waals surface area contributed by atoms with Crippen LogP contribution >= 0.6 is 0 Å². The summed E-state index contributed by atoms with van der Waals surface area (Å²) in [5, 5.41) is 8.91. The molecule has 0 fully saturated rings. The summed E-state index contributed by atoms with van der Waals surface area (Å²) in [5.41, 5.74) is 2.24. The van der Waals surface area contributed by atoms with E-state index in [9.17, 15) is 22.8 Å². The number of anilines is 1. The van der Waals surface area contributed by atoms with Crippen molar-refractivity contribution in [2.45, 2.75) is 13.3 Å². The number of halogens is 3. The first-order valence-electron chi connectivity index (χ1n) is 10.9. The molecule has 0 unspecified atom stereocenters. The van der Waals surface area contributed by atoms with Gasteiger partial charge in [-0.25, -0.2) is 28.0 Å². The van der Waals surface area contributed by atoms with E-state index in [0.717, 1.165) is 12.1 Å². The standard InChI is InChI=1S/C25H18F3N5O3/c1-2-36-25(35)31-24-29-20-6-4-13(9-22(20)30-24)14-7-12(3-5-17(14)26)8-21-15-10-18(27)19(28)11-16(15)23(34)33-32-21/h3-7,9-11H,2,8H2,1H3,(H,33,34)(H2,29,30,31,35). The fourth-order valence-electron chi connectivity index (χ4n) is 3.94. The molecular weight excluding hydrogens is 475 g/mol. The van der Waals surface area contributed by atoms with Crippen molar-refractivity contribution in [2.75, 3.05) is 11.9 Å². The lowest BCUT2D eigenvalue weighted by molar-refractivity contribution is 0.167. The van der Waals surface area contributed by atoms with Gasteiger partial charge in [-0.05, 0) is 54.4 Å². The van der Waals surface area contributed by atoms with Crippen molar-refractivity contribution in [1.82, 2.24) is 20.2 Å². The molecule has 182 valence electrons. The van der Waals surface area contributed by atoms with Gasteiger partial charge in [0.2, 0.25) is 5.95 Å². The van der Waals surface area contributed by atoms with Gasteiger partial charge in [-0.15, -0.1) is 0 Å². The second kappa shape index (κ2) is 9.17. The minimum absolute atomic E-state index is 0.0295. The lowest BCUT2D eigenvalue weighted by atomic mass is 9.98. The number of aromatic amines is 2. The third-order valence-corrected chi connectivity index (χ3v) is 5.60. The number of hydrogen-bond donors (Lipinski definition) is 3. The number of hydrogen-bond acceptors (Lipinski definition) is 5. The normalized spacial score (nSPS) is 11.2. The number of nitrogens with zero attached hydrogens (tertiary/aromatic N) is 2. The number of H-pyrrole nitrogens is 2. The van der Waals surface area contributed by atoms with Crippen molar-refractivity contribution in [3.8, 4) is 11.1 Å². The molecule has 0 radical (unpaired) electrons. The lowest BCUT2D eigenvalue weighted by Gasteiger charge is -2.09. The summed E-state index contributed by atoms with van der Waals surface area (Å²) in [6, 6.07) is 11.3. The second-order valence-corrected chi connectivity index (χ2v) is 7.97. The average molecular weight is 493 g/mol. The van der Waals surface area contributed by atoms with Gasteiger partial charge in [0.05, 0.1) is 28.7 Å². The Bertz CT molecular complexity index is 1700. The van der Waals surface area contributed by atoms with Gasteiger partial charge in [0.15, 0.2) is 11.6 Å². The van der Waals surface area contributed by atoms with Crippen LogP contribution in [0.2, 0.25) is 0 Å². The van der Waals surface area contributed by atoms with Crippen LogP contribution in [0.1, 0.15) is 18.2 Å². The summed E-state index contributed by atoms with van der Waals surface area (Å²) < 4.78 is 47.2. The molecule has 0 spiro atoms. The number of aromatic nitrogens is 4. The highest BCUT2D eigenvalue weighted by Crippen LogP contribution is 2.29. The van der Waals surface area contributed by atoms with Crippen LogP contribution in [-0.4, -0.2) is 32.9 Å². The Morgan fingerprint density at radius 1 is 1.00 bits per heavy atom. The molecule has 0 aliphatic rings. The van der Waals surface area contributed by atoms with Gasteiger partial charge in [-0.1, -0.05) is 12.1 Å². The number of rotatable bonds is 5. The van der Waals surface area contributed by atoms with E-state index in [2.05, 4.69) is 25.5 Å². The van der Waals surface area contributed by atoms with Crippen molar-refractivity contribution in [3.05, 3.63) is 87.6 Å². The lowest BCUT2D eigenvalue weighted by Crippen LogP contribution is -2.14. The van der Waals surface area contributed by atoms with Gasteiger partial charge in [-0.2, -0.15) is 5.10 Å². The van der Waals surface area contributed by atoms with E-state index in [0.29, 0.717) is 27.9 Å². The van der Waals surface area contributed by atoms with Gasteiger partial charge in [0.25, 0.3) is 5.56 Å². The number of fused-ring (bicyclic) bond motifs is 2. The molecule has 0 aliphatic heterocycles. The van der Waals surface area contributed by atoms with Crippen LogP contribution in [0.5, 0.6) is 0 Å². The smallest absolute Gasteiger partial charge is 0.413 e. The first-order valence-corrected chi connectivity index (χ1v) is 10.9. The molecule has 5 aromatic rings. The molecule has 8 nitrogen and oxygen atoms in total. The first kappa shape index (κ1) is 23.1. The number of benzene rings is 3. The summed E-state index contributed by atoms with van der Waals surface area (Å²) in [6.07, 6.45) is -0.521. The quantitative estimate of drug-likeness (QED) is 0.317. The number of ether oxygens (including phenoxy) is 1. The number of carbonyl (C=O) groups excluding carboxylic acids is 1. The summed E-state index contributed by atoms with van der Waals surface area (Å²) >= 11 is 0. The Morgan fingerprint density at radius 3 is 2.56 bits per heavy atom. The molecule has 1 amide bonds. The van der Waals surface area contributed by atoms with E-state index >= 15 is 0 Å². The van der Waals surface area contributed by atoms with Crippen molar-refractivity contribution >= 4 is 33.8 Å². The Kier molecular flexibility index (Phi) is 5.88. The van der Waals surface area contributed by atoms with Crippen LogP contribution in [-0.2, 0) is 11.2 Å². The van der Waals surface area contributed by atoms with E-state index in [1.807, 2.05) is 0 Å². The predicted molar refractivity (Wildman–Crippen MR) is 127 cm³/mol. The van der Waals surface area contributed by atoms with E-state index in [1.165, 1.54) is 6.07 Å². The Morgan fingerprint density at radius 2 is 1.78 bits per heavy atom. The molecule has 5 rings (SSSR count). The molecule has 0 saturated heterocycles. The van der Waals surface area contributed by atoms with E-state index in [1.54, 1.807) is 37.3 Å². The van der Waals surface area contributed by atoms with Crippen molar-refractivity contribution in [2.24, 2.45) is 0 Å². The largest absolute Gasteiger partial charge is 0.450 e. The van der Waals surface area contributed by atoms with Gasteiger partial charge < -0.3 is 9.72 Å². The third kappa shape index (κ3) is 4.38. The SMILES string of the molecule is CCOC(=O)Nc1nc2ccc(-c3cc(Cc4n[nH]c(=O)c5cc(F)c(F)cc45)ccc3F)cc2[nH]1. The summed E-state index contributed by atoms with van der Waals surface area (Å²) in [7, 11) is 0. The van der Waals surface area contributed by atoms with Crippen molar-refractivity contribution < 1.29 is 22.7 Å². The number of imidazole rings is 1. The number of nitrogens with one attached hydrogen (secondary N) is 3. The van der Waals surface area contributed by atoms with Crippen LogP contribution in [0.25, 0.3) is 32.9 Å². The monoisotopic (exact) mass is 493 g/mol. The zero-order valence-electron chi connectivity index (χ0n) is 18.8. The van der Waals surface area contributed by atoms with Gasteiger partial charge in [-0.3, -0.25) is 10.1 Å². The molecule has 36 heavy (non-hydrogen) atoms. The summed E-state index contributed by atoms with van der Waals surface area (Å²) in [5.74, 6) is -2.52. The van der Waals surface area contributed by atoms with Crippen LogP contribution < -0.4 is 10.9 Å². The van der Waals surface area contributed by atoms with Crippen molar-refractivity contribution in [1.29, 1.82) is 0 Å². The first-order chi connectivity index (χ1) is 17.3. The number of amides is 1. The van der Waals surface area contributed by atoms with Crippen molar-refractivity contribution in [3.63, 3.8) is 0 Å². The fraction of sp³-hybridized carbons (Fsp3) is 0.120. The van der Waals surface area contributed by atoms with Crippen LogP contribution in [0.3, 0.4) is 0 Å². The highest BCUT2D eigenvalue weighted by atomic mass is 19.2. The summed E-state index contributed by atoms with van der Waals surface area (Å²) in [6.45, 7) is 1.89. The molecule has 0 bridgehead atoms. The van der Waals surface area contributed by atoms with E-state index in [4.69, 9.17) is 4.74 Å². The molecule has 2 aromatic heterocycles. The molecule has 2 heterocycles. The molecule has 0 saturated carbocycles. The minimum Gasteiger partial charge on any atom is -0.450 e. The van der Waals surface area contributed by atoms with E-state index in [-0.39, 0.29) is 35.3 Å². The Balaban J connectivity index is 1.49. The molecule has 3 N–H and O–H groups in total. The van der Waals surface area contributed by atoms with Crippen LogP contribution in [0.15, 0.2) is 53.3 Å². The fourth-order valence-corrected chi connectivity index (χ4v) is 3.94. The molecule has 0 atom stereocenters. The molecule has 0 aliphatic carbocycles. The van der Waals surface area contributed by atoms with Crippen LogP contribution in [0, 0.1) is 17.5 Å². The van der Waals surface area contributed by atoms with Crippen LogP contribution in [0.4, 0.5) is 23.9 Å². The Hall–Kier alpha value is -4.67. The Labute approximate surface area is 201 Å². The van der Waals surface area contributed by atoms with Gasteiger partial charge >= 0.3 is 6.09 Å². The maximum Gasteiger partial charge on any atom is 0.413 e. The van der Waals surface area contributed by atoms with E-state index < -0.39 is 29.1 Å². The zero-order chi connectivity index (χ0) is 25.4. The van der Waals surface area contributed by atoms with Gasteiger partial charge in [0.1, 0.15) is 5.82 Å². The molecule has 11 heteroatoms. The zero-order valence-corrected chi connectivity index (χ0v) is 18.8. The third-order valence-electron chi connectivity index (χ3n) is 5.60. The topological polar surface area (TPSA) is 113 Å². The highest BCUT2D eigenvalue weighted by molar-refractivity contribution is 5.88.